The van der Waals surface area contributed by atoms with Crippen LogP contribution in [0.25, 0.3) is 0 Å². The number of carbonyl (C=O) groups is 2. The molecule has 108 valence electrons. The Morgan fingerprint density at radius 3 is 2.40 bits per heavy atom. The quantitative estimate of drug-likeness (QED) is 0.837. The molecule has 0 unspecified atom stereocenters. The van der Waals surface area contributed by atoms with E-state index in [9.17, 15) is 9.59 Å². The summed E-state index contributed by atoms with van der Waals surface area (Å²) in [5.41, 5.74) is 6.77. The van der Waals surface area contributed by atoms with Gasteiger partial charge >= 0.3 is 0 Å². The van der Waals surface area contributed by atoms with Gasteiger partial charge in [0.1, 0.15) is 0 Å². The summed E-state index contributed by atoms with van der Waals surface area (Å²) >= 11 is 0. The van der Waals surface area contributed by atoms with Crippen molar-refractivity contribution >= 4 is 17.5 Å². The maximum absolute atomic E-state index is 11.8. The van der Waals surface area contributed by atoms with Gasteiger partial charge in [0.05, 0.1) is 6.42 Å². The lowest BCUT2D eigenvalue weighted by atomic mass is 10.0. The lowest BCUT2D eigenvalue weighted by Crippen LogP contribution is -2.14. The van der Waals surface area contributed by atoms with Crippen LogP contribution in [0.2, 0.25) is 0 Å². The fourth-order valence-electron chi connectivity index (χ4n) is 2.76. The molecule has 1 aliphatic carbocycles. The molecule has 4 heteroatoms. The predicted octanol–water partition coefficient (Wildman–Crippen LogP) is 2.62. The molecule has 0 aromatic heterocycles. The number of anilines is 1. The molecule has 1 fully saturated rings. The second-order valence-corrected chi connectivity index (χ2v) is 5.58. The number of hydrogen-bond acceptors (Lipinski definition) is 2. The molecule has 1 aromatic rings. The number of primary amides is 1. The van der Waals surface area contributed by atoms with Crippen molar-refractivity contribution in [3.8, 4) is 0 Å². The van der Waals surface area contributed by atoms with E-state index in [2.05, 4.69) is 5.32 Å². The summed E-state index contributed by atoms with van der Waals surface area (Å²) in [7, 11) is 0. The van der Waals surface area contributed by atoms with E-state index in [1.807, 2.05) is 24.3 Å². The number of nitrogens with two attached hydrogens (primary N) is 1. The first-order chi connectivity index (χ1) is 9.63. The Hall–Kier alpha value is -1.84. The maximum atomic E-state index is 11.8. The van der Waals surface area contributed by atoms with Crippen LogP contribution in [0.15, 0.2) is 24.3 Å². The van der Waals surface area contributed by atoms with Gasteiger partial charge in [-0.1, -0.05) is 37.8 Å². The molecule has 0 aliphatic heterocycles. The lowest BCUT2D eigenvalue weighted by molar-refractivity contribution is -0.117. The molecular formula is C16H22N2O2. The van der Waals surface area contributed by atoms with Crippen molar-refractivity contribution in [1.29, 1.82) is 0 Å². The molecule has 0 heterocycles. The summed E-state index contributed by atoms with van der Waals surface area (Å²) in [6.07, 6.45) is 6.99. The third-order valence-corrected chi connectivity index (χ3v) is 3.87. The van der Waals surface area contributed by atoms with E-state index in [1.165, 1.54) is 25.7 Å². The molecule has 0 saturated heterocycles. The molecule has 3 N–H and O–H groups in total. The van der Waals surface area contributed by atoms with Crippen molar-refractivity contribution in [2.24, 2.45) is 11.7 Å². The van der Waals surface area contributed by atoms with Crippen molar-refractivity contribution in [3.63, 3.8) is 0 Å². The van der Waals surface area contributed by atoms with Gasteiger partial charge in [0.15, 0.2) is 0 Å². The second kappa shape index (κ2) is 7.08. The standard InChI is InChI=1S/C16H22N2O2/c17-15(19)11-13-5-8-14(9-6-13)18-16(20)10-7-12-3-1-2-4-12/h5-6,8-9,12H,1-4,7,10-11H2,(H2,17,19)(H,18,20). The van der Waals surface area contributed by atoms with Crippen LogP contribution < -0.4 is 11.1 Å². The predicted molar refractivity (Wildman–Crippen MR) is 79.2 cm³/mol. The molecule has 0 atom stereocenters. The molecule has 2 rings (SSSR count). The van der Waals surface area contributed by atoms with E-state index < -0.39 is 0 Å². The van der Waals surface area contributed by atoms with Gasteiger partial charge in [0, 0.05) is 12.1 Å². The Bertz CT molecular complexity index is 462. The first kappa shape index (κ1) is 14.6. The van der Waals surface area contributed by atoms with Crippen molar-refractivity contribution in [1.82, 2.24) is 0 Å². The molecule has 0 bridgehead atoms. The smallest absolute Gasteiger partial charge is 0.224 e. The highest BCUT2D eigenvalue weighted by Gasteiger charge is 2.16. The molecular weight excluding hydrogens is 252 g/mol. The largest absolute Gasteiger partial charge is 0.369 e. The highest BCUT2D eigenvalue weighted by Crippen LogP contribution is 2.28. The van der Waals surface area contributed by atoms with Gasteiger partial charge in [-0.05, 0) is 30.0 Å². The summed E-state index contributed by atoms with van der Waals surface area (Å²) in [5, 5.41) is 2.89. The monoisotopic (exact) mass is 274 g/mol. The van der Waals surface area contributed by atoms with E-state index >= 15 is 0 Å². The summed E-state index contributed by atoms with van der Waals surface area (Å²) in [5.74, 6) is 0.455. The van der Waals surface area contributed by atoms with E-state index in [0.717, 1.165) is 23.6 Å². The third kappa shape index (κ3) is 4.68. The van der Waals surface area contributed by atoms with E-state index in [-0.39, 0.29) is 18.2 Å². The fourth-order valence-corrected chi connectivity index (χ4v) is 2.76. The summed E-state index contributed by atoms with van der Waals surface area (Å²) < 4.78 is 0. The van der Waals surface area contributed by atoms with Gasteiger partial charge in [0.2, 0.25) is 11.8 Å². The SMILES string of the molecule is NC(=O)Cc1ccc(NC(=O)CCC2CCCC2)cc1. The zero-order chi connectivity index (χ0) is 14.4. The van der Waals surface area contributed by atoms with Crippen LogP contribution in [0.5, 0.6) is 0 Å². The van der Waals surface area contributed by atoms with E-state index in [4.69, 9.17) is 5.73 Å². The minimum atomic E-state index is -0.349. The van der Waals surface area contributed by atoms with Crippen molar-refractivity contribution in [3.05, 3.63) is 29.8 Å². The lowest BCUT2D eigenvalue weighted by Gasteiger charge is -2.09. The van der Waals surface area contributed by atoms with Crippen molar-refractivity contribution < 1.29 is 9.59 Å². The Balaban J connectivity index is 1.76. The Morgan fingerprint density at radius 2 is 1.80 bits per heavy atom. The van der Waals surface area contributed by atoms with Crippen LogP contribution in [0.1, 0.15) is 44.1 Å². The summed E-state index contributed by atoms with van der Waals surface area (Å²) in [4.78, 5) is 22.6. The summed E-state index contributed by atoms with van der Waals surface area (Å²) in [6.45, 7) is 0. The van der Waals surface area contributed by atoms with Gasteiger partial charge in [-0.25, -0.2) is 0 Å². The van der Waals surface area contributed by atoms with Gasteiger partial charge < -0.3 is 11.1 Å². The van der Waals surface area contributed by atoms with Crippen molar-refractivity contribution in [2.45, 2.75) is 44.9 Å². The molecule has 20 heavy (non-hydrogen) atoms. The third-order valence-electron chi connectivity index (χ3n) is 3.87. The van der Waals surface area contributed by atoms with Crippen LogP contribution in [0.4, 0.5) is 5.69 Å². The molecule has 1 saturated carbocycles. The number of benzene rings is 1. The molecule has 1 aromatic carbocycles. The normalized spacial score (nSPS) is 15.2. The zero-order valence-electron chi connectivity index (χ0n) is 11.7. The molecule has 1 aliphatic rings. The van der Waals surface area contributed by atoms with Crippen LogP contribution in [-0.4, -0.2) is 11.8 Å². The number of amides is 2. The molecule has 2 amide bonds. The average Bonchev–Trinajstić information content (AvgIpc) is 2.91. The highest BCUT2D eigenvalue weighted by atomic mass is 16.1. The summed E-state index contributed by atoms with van der Waals surface area (Å²) in [6, 6.07) is 7.26. The number of rotatable bonds is 6. The first-order valence-corrected chi connectivity index (χ1v) is 7.30. The van der Waals surface area contributed by atoms with Gasteiger partial charge in [-0.15, -0.1) is 0 Å². The molecule has 0 spiro atoms. The van der Waals surface area contributed by atoms with Crippen LogP contribution in [0.3, 0.4) is 0 Å². The highest BCUT2D eigenvalue weighted by molar-refractivity contribution is 5.90. The molecule has 4 nitrogen and oxygen atoms in total. The number of hydrogen-bond donors (Lipinski definition) is 2. The van der Waals surface area contributed by atoms with Gasteiger partial charge in [0.25, 0.3) is 0 Å². The molecule has 0 radical (unpaired) electrons. The van der Waals surface area contributed by atoms with Gasteiger partial charge in [-0.2, -0.15) is 0 Å². The van der Waals surface area contributed by atoms with E-state index in [1.54, 1.807) is 0 Å². The van der Waals surface area contributed by atoms with Crippen molar-refractivity contribution in [2.75, 3.05) is 5.32 Å². The first-order valence-electron chi connectivity index (χ1n) is 7.30. The van der Waals surface area contributed by atoms with Crippen LogP contribution >= 0.6 is 0 Å². The fraction of sp³-hybridized carbons (Fsp3) is 0.500. The average molecular weight is 274 g/mol. The maximum Gasteiger partial charge on any atom is 0.224 e. The van der Waals surface area contributed by atoms with Gasteiger partial charge in [-0.3, -0.25) is 9.59 Å². The Labute approximate surface area is 119 Å². The van der Waals surface area contributed by atoms with Crippen LogP contribution in [-0.2, 0) is 16.0 Å². The Kier molecular flexibility index (Phi) is 5.16. The van der Waals surface area contributed by atoms with E-state index in [0.29, 0.717) is 6.42 Å². The minimum absolute atomic E-state index is 0.0690. The Morgan fingerprint density at radius 1 is 1.15 bits per heavy atom. The minimum Gasteiger partial charge on any atom is -0.369 e. The van der Waals surface area contributed by atoms with Crippen LogP contribution in [0, 0.1) is 5.92 Å². The topological polar surface area (TPSA) is 72.2 Å². The number of carbonyl (C=O) groups excluding carboxylic acids is 2. The number of nitrogens with one attached hydrogen (secondary N) is 1. The zero-order valence-corrected chi connectivity index (χ0v) is 11.7. The second-order valence-electron chi connectivity index (χ2n) is 5.58.